The quantitative estimate of drug-likeness (QED) is 0.818. The Hall–Kier alpha value is -2.10. The van der Waals surface area contributed by atoms with Crippen molar-refractivity contribution in [3.05, 3.63) is 42.0 Å². The predicted molar refractivity (Wildman–Crippen MR) is 88.8 cm³/mol. The monoisotopic (exact) mass is 300 g/mol. The third kappa shape index (κ3) is 4.20. The lowest BCUT2D eigenvalue weighted by Crippen LogP contribution is -2.30. The smallest absolute Gasteiger partial charge is 0.253 e. The van der Waals surface area contributed by atoms with Gasteiger partial charge in [-0.1, -0.05) is 12.2 Å². The van der Waals surface area contributed by atoms with E-state index in [4.69, 9.17) is 0 Å². The van der Waals surface area contributed by atoms with Gasteiger partial charge in [0.2, 0.25) is 5.91 Å². The highest BCUT2D eigenvalue weighted by molar-refractivity contribution is 5.95. The summed E-state index contributed by atoms with van der Waals surface area (Å²) in [7, 11) is 0. The zero-order valence-corrected chi connectivity index (χ0v) is 13.3. The van der Waals surface area contributed by atoms with Crippen molar-refractivity contribution in [1.82, 2.24) is 4.90 Å². The van der Waals surface area contributed by atoms with Gasteiger partial charge in [-0.25, -0.2) is 0 Å². The predicted octanol–water partition coefficient (Wildman–Crippen LogP) is 3.46. The van der Waals surface area contributed by atoms with Gasteiger partial charge in [-0.2, -0.15) is 0 Å². The number of nitrogens with one attached hydrogen (secondary N) is 1. The Labute approximate surface area is 132 Å². The fraction of sp³-hybridized carbons (Fsp3) is 0.444. The summed E-state index contributed by atoms with van der Waals surface area (Å²) in [6, 6.07) is 7.12. The van der Waals surface area contributed by atoms with Gasteiger partial charge in [0.15, 0.2) is 0 Å². The maximum absolute atomic E-state index is 12.2. The van der Waals surface area contributed by atoms with E-state index in [0.717, 1.165) is 18.5 Å². The zero-order chi connectivity index (χ0) is 15.9. The van der Waals surface area contributed by atoms with Crippen LogP contribution in [0.4, 0.5) is 5.69 Å². The molecule has 1 aromatic rings. The molecule has 22 heavy (non-hydrogen) atoms. The minimum atomic E-state index is 0.0268. The molecule has 0 aliphatic heterocycles. The van der Waals surface area contributed by atoms with Gasteiger partial charge in [0, 0.05) is 30.8 Å². The number of amides is 2. The molecule has 0 aromatic heterocycles. The van der Waals surface area contributed by atoms with Gasteiger partial charge in [0.25, 0.3) is 5.91 Å². The number of carbonyl (C=O) groups is 2. The summed E-state index contributed by atoms with van der Waals surface area (Å²) in [5, 5.41) is 2.89. The highest BCUT2D eigenvalue weighted by atomic mass is 16.2. The topological polar surface area (TPSA) is 49.4 Å². The van der Waals surface area contributed by atoms with Gasteiger partial charge in [-0.15, -0.1) is 0 Å². The summed E-state index contributed by atoms with van der Waals surface area (Å²) in [5.74, 6) is 0.418. The Morgan fingerprint density at radius 3 is 2.41 bits per heavy atom. The fourth-order valence-electron chi connectivity index (χ4n) is 2.70. The molecule has 4 nitrogen and oxygen atoms in total. The van der Waals surface area contributed by atoms with Crippen molar-refractivity contribution in [3.63, 3.8) is 0 Å². The molecule has 0 unspecified atom stereocenters. The molecule has 0 saturated heterocycles. The molecule has 4 heteroatoms. The number of anilines is 1. The van der Waals surface area contributed by atoms with Crippen LogP contribution in [0.5, 0.6) is 0 Å². The average Bonchev–Trinajstić information content (AvgIpc) is 3.02. The first-order valence-electron chi connectivity index (χ1n) is 7.99. The summed E-state index contributed by atoms with van der Waals surface area (Å²) < 4.78 is 0. The zero-order valence-electron chi connectivity index (χ0n) is 13.3. The lowest BCUT2D eigenvalue weighted by molar-refractivity contribution is -0.116. The second kappa shape index (κ2) is 7.78. The van der Waals surface area contributed by atoms with Crippen LogP contribution in [0.1, 0.15) is 43.5 Å². The van der Waals surface area contributed by atoms with Gasteiger partial charge in [-0.05, 0) is 56.9 Å². The molecule has 0 bridgehead atoms. The van der Waals surface area contributed by atoms with Gasteiger partial charge in [-0.3, -0.25) is 9.59 Å². The number of benzene rings is 1. The van der Waals surface area contributed by atoms with Crippen LogP contribution in [0.2, 0.25) is 0 Å². The largest absolute Gasteiger partial charge is 0.339 e. The second-order valence-corrected chi connectivity index (χ2v) is 5.57. The number of hydrogen-bond donors (Lipinski definition) is 1. The standard InChI is InChI=1S/C18H24N2O2/c1-3-20(4-2)18(22)15-9-11-16(12-10-15)19-17(21)13-14-7-5-6-8-14/h5,7,9-12,14H,3-4,6,8,13H2,1-2H3,(H,19,21)/t14-/m0/s1. The van der Waals surface area contributed by atoms with Crippen molar-refractivity contribution in [3.8, 4) is 0 Å². The molecule has 1 aliphatic rings. The number of hydrogen-bond acceptors (Lipinski definition) is 2. The minimum Gasteiger partial charge on any atom is -0.339 e. The molecule has 2 rings (SSSR count). The SMILES string of the molecule is CCN(CC)C(=O)c1ccc(NC(=O)C[C@H]2C=CCC2)cc1. The number of nitrogens with zero attached hydrogens (tertiary/aromatic N) is 1. The summed E-state index contributed by atoms with van der Waals surface area (Å²) in [6.07, 6.45) is 6.90. The van der Waals surface area contributed by atoms with Crippen LogP contribution in [0.15, 0.2) is 36.4 Å². The molecule has 2 amide bonds. The van der Waals surface area contributed by atoms with Crippen LogP contribution in [-0.4, -0.2) is 29.8 Å². The van der Waals surface area contributed by atoms with E-state index in [9.17, 15) is 9.59 Å². The van der Waals surface area contributed by atoms with Gasteiger partial charge in [0.1, 0.15) is 0 Å². The van der Waals surface area contributed by atoms with E-state index in [1.54, 1.807) is 29.2 Å². The Balaban J connectivity index is 1.92. The summed E-state index contributed by atoms with van der Waals surface area (Å²) >= 11 is 0. The van der Waals surface area contributed by atoms with Gasteiger partial charge in [0.05, 0.1) is 0 Å². The second-order valence-electron chi connectivity index (χ2n) is 5.57. The Morgan fingerprint density at radius 1 is 1.18 bits per heavy atom. The van der Waals surface area contributed by atoms with Crippen LogP contribution in [0.25, 0.3) is 0 Å². The van der Waals surface area contributed by atoms with E-state index in [1.807, 2.05) is 13.8 Å². The van der Waals surface area contributed by atoms with Crippen LogP contribution in [0, 0.1) is 5.92 Å². The van der Waals surface area contributed by atoms with Crippen LogP contribution >= 0.6 is 0 Å². The van der Waals surface area contributed by atoms with E-state index in [-0.39, 0.29) is 11.8 Å². The molecule has 0 spiro atoms. The van der Waals surface area contributed by atoms with Crippen molar-refractivity contribution >= 4 is 17.5 Å². The third-order valence-corrected chi connectivity index (χ3v) is 4.03. The lowest BCUT2D eigenvalue weighted by atomic mass is 10.0. The molecular formula is C18H24N2O2. The minimum absolute atomic E-state index is 0.0268. The number of rotatable bonds is 6. The molecule has 0 heterocycles. The van der Waals surface area contributed by atoms with Crippen molar-refractivity contribution in [2.75, 3.05) is 18.4 Å². The first-order valence-corrected chi connectivity index (χ1v) is 7.99. The number of allylic oxidation sites excluding steroid dienone is 2. The molecule has 1 aliphatic carbocycles. The first-order chi connectivity index (χ1) is 10.6. The van der Waals surface area contributed by atoms with E-state index in [2.05, 4.69) is 17.5 Å². The fourth-order valence-corrected chi connectivity index (χ4v) is 2.70. The first kappa shape index (κ1) is 16.3. The molecule has 118 valence electrons. The summed E-state index contributed by atoms with van der Waals surface area (Å²) in [6.45, 7) is 5.33. The summed E-state index contributed by atoms with van der Waals surface area (Å²) in [4.78, 5) is 25.9. The Bertz CT molecular complexity index is 545. The van der Waals surface area contributed by atoms with Crippen LogP contribution in [-0.2, 0) is 4.79 Å². The van der Waals surface area contributed by atoms with E-state index in [1.165, 1.54) is 0 Å². The molecule has 0 radical (unpaired) electrons. The molecule has 1 N–H and O–H groups in total. The van der Waals surface area contributed by atoms with E-state index >= 15 is 0 Å². The van der Waals surface area contributed by atoms with Gasteiger partial charge < -0.3 is 10.2 Å². The van der Waals surface area contributed by atoms with Crippen molar-refractivity contribution in [2.24, 2.45) is 5.92 Å². The van der Waals surface area contributed by atoms with Crippen molar-refractivity contribution in [1.29, 1.82) is 0 Å². The normalized spacial score (nSPS) is 16.5. The maximum Gasteiger partial charge on any atom is 0.253 e. The highest BCUT2D eigenvalue weighted by Crippen LogP contribution is 2.21. The lowest BCUT2D eigenvalue weighted by Gasteiger charge is -2.18. The van der Waals surface area contributed by atoms with Gasteiger partial charge >= 0.3 is 0 Å². The molecule has 1 aromatic carbocycles. The van der Waals surface area contributed by atoms with E-state index in [0.29, 0.717) is 31.0 Å². The van der Waals surface area contributed by atoms with E-state index < -0.39 is 0 Å². The number of carbonyl (C=O) groups excluding carboxylic acids is 2. The third-order valence-electron chi connectivity index (χ3n) is 4.03. The van der Waals surface area contributed by atoms with Crippen LogP contribution < -0.4 is 5.32 Å². The van der Waals surface area contributed by atoms with Crippen LogP contribution in [0.3, 0.4) is 0 Å². The van der Waals surface area contributed by atoms with Crippen molar-refractivity contribution < 1.29 is 9.59 Å². The van der Waals surface area contributed by atoms with Crippen molar-refractivity contribution in [2.45, 2.75) is 33.1 Å². The highest BCUT2D eigenvalue weighted by Gasteiger charge is 2.15. The molecule has 1 atom stereocenters. The maximum atomic E-state index is 12.2. The molecule has 0 fully saturated rings. The molecular weight excluding hydrogens is 276 g/mol. The summed E-state index contributed by atoms with van der Waals surface area (Å²) in [5.41, 5.74) is 1.39. The molecule has 0 saturated carbocycles. The average molecular weight is 300 g/mol. The Kier molecular flexibility index (Phi) is 5.75. The Morgan fingerprint density at radius 2 is 1.86 bits per heavy atom.